The van der Waals surface area contributed by atoms with Crippen molar-refractivity contribution in [2.24, 2.45) is 0 Å². The maximum Gasteiger partial charge on any atom is 0.243 e. The summed E-state index contributed by atoms with van der Waals surface area (Å²) in [5.41, 5.74) is 0.818. The molecule has 0 bridgehead atoms. The molecule has 0 aromatic heterocycles. The van der Waals surface area contributed by atoms with Gasteiger partial charge >= 0.3 is 0 Å². The summed E-state index contributed by atoms with van der Waals surface area (Å²) in [6.07, 6.45) is 0.923. The number of rotatable bonds is 5. The molecule has 1 saturated heterocycles. The highest BCUT2D eigenvalue weighted by Gasteiger charge is 2.34. The van der Waals surface area contributed by atoms with Crippen molar-refractivity contribution in [3.05, 3.63) is 29.8 Å². The maximum absolute atomic E-state index is 12.7. The topological polar surface area (TPSA) is 40.6 Å². The second-order valence-corrected chi connectivity index (χ2v) is 7.20. The minimum absolute atomic E-state index is 0.351. The summed E-state index contributed by atoms with van der Waals surface area (Å²) in [5, 5.41) is 0. The Balaban J connectivity index is 2.19. The van der Waals surface area contributed by atoms with Crippen LogP contribution < -0.4 is 0 Å². The third-order valence-corrected chi connectivity index (χ3v) is 6.19. The number of likely N-dealkylation sites (N-methyl/N-ethyl adjacent to an activating group) is 1. The zero-order valence-corrected chi connectivity index (χ0v) is 13.4. The molecule has 1 aliphatic rings. The van der Waals surface area contributed by atoms with E-state index in [9.17, 15) is 8.42 Å². The summed E-state index contributed by atoms with van der Waals surface area (Å²) in [7, 11) is -3.35. The third kappa shape index (κ3) is 2.90. The molecule has 0 N–H and O–H groups in total. The molecule has 0 radical (unpaired) electrons. The Morgan fingerprint density at radius 2 is 1.90 bits per heavy atom. The largest absolute Gasteiger partial charge is 0.300 e. The van der Waals surface area contributed by atoms with Gasteiger partial charge in [-0.25, -0.2) is 8.42 Å². The van der Waals surface area contributed by atoms with Crippen molar-refractivity contribution in [1.82, 2.24) is 9.21 Å². The molecule has 2 rings (SSSR count). The average Bonchev–Trinajstić information content (AvgIpc) is 2.91. The molecular weight excluding hydrogens is 272 g/mol. The van der Waals surface area contributed by atoms with E-state index in [0.29, 0.717) is 24.0 Å². The van der Waals surface area contributed by atoms with Gasteiger partial charge in [-0.15, -0.1) is 0 Å². The van der Waals surface area contributed by atoms with E-state index in [1.807, 2.05) is 19.1 Å². The Kier molecular flexibility index (Phi) is 4.83. The molecule has 1 heterocycles. The number of aryl methyl sites for hydroxylation is 1. The average molecular weight is 296 g/mol. The van der Waals surface area contributed by atoms with Crippen LogP contribution in [0.4, 0.5) is 0 Å². The van der Waals surface area contributed by atoms with Crippen LogP contribution in [0.15, 0.2) is 29.2 Å². The lowest BCUT2D eigenvalue weighted by Gasteiger charge is -2.26. The second kappa shape index (κ2) is 6.24. The number of benzene rings is 1. The summed E-state index contributed by atoms with van der Waals surface area (Å²) in [6, 6.07) is 7.57. The van der Waals surface area contributed by atoms with Crippen molar-refractivity contribution in [2.75, 3.05) is 26.2 Å². The van der Waals surface area contributed by atoms with Crippen LogP contribution in [0.25, 0.3) is 0 Å². The van der Waals surface area contributed by atoms with Crippen LogP contribution >= 0.6 is 0 Å². The molecule has 0 spiro atoms. The molecule has 1 aromatic rings. The van der Waals surface area contributed by atoms with Crippen LogP contribution in [-0.4, -0.2) is 49.8 Å². The van der Waals surface area contributed by atoms with Gasteiger partial charge in [-0.2, -0.15) is 4.31 Å². The highest BCUT2D eigenvalue weighted by molar-refractivity contribution is 7.89. The van der Waals surface area contributed by atoms with E-state index in [4.69, 9.17) is 0 Å². The van der Waals surface area contributed by atoms with Crippen LogP contribution in [0.1, 0.15) is 25.8 Å². The molecule has 20 heavy (non-hydrogen) atoms. The van der Waals surface area contributed by atoms with Gasteiger partial charge in [-0.1, -0.05) is 32.0 Å². The molecule has 4 nitrogen and oxygen atoms in total. The predicted octanol–water partition coefficient (Wildman–Crippen LogP) is 2.10. The quantitative estimate of drug-likeness (QED) is 0.835. The fourth-order valence-corrected chi connectivity index (χ4v) is 4.67. The summed E-state index contributed by atoms with van der Waals surface area (Å²) in [4.78, 5) is 2.79. The van der Waals surface area contributed by atoms with Gasteiger partial charge in [0.1, 0.15) is 0 Å². The van der Waals surface area contributed by atoms with E-state index >= 15 is 0 Å². The van der Waals surface area contributed by atoms with E-state index < -0.39 is 10.0 Å². The third-order valence-electron chi connectivity index (χ3n) is 4.17. The monoisotopic (exact) mass is 296 g/mol. The minimum Gasteiger partial charge on any atom is -0.300 e. The summed E-state index contributed by atoms with van der Waals surface area (Å²) >= 11 is 0. The summed E-state index contributed by atoms with van der Waals surface area (Å²) in [6.45, 7) is 9.28. The van der Waals surface area contributed by atoms with Crippen molar-refractivity contribution >= 4 is 10.0 Å². The lowest BCUT2D eigenvalue weighted by Crippen LogP contribution is -2.38. The van der Waals surface area contributed by atoms with E-state index in [2.05, 4.69) is 18.7 Å². The standard InChI is InChI=1S/C15H24N2O2S/c1-4-16(5-2)14-10-11-17(12-14)20(18,19)15-9-7-6-8-13(15)3/h6-9,14H,4-5,10-12H2,1-3H3. The van der Waals surface area contributed by atoms with Crippen LogP contribution in [0, 0.1) is 6.92 Å². The first kappa shape index (κ1) is 15.5. The summed E-state index contributed by atoms with van der Waals surface area (Å²) in [5.74, 6) is 0. The van der Waals surface area contributed by atoms with Crippen molar-refractivity contribution in [2.45, 2.75) is 38.1 Å². The molecule has 0 saturated carbocycles. The van der Waals surface area contributed by atoms with Crippen LogP contribution in [0.3, 0.4) is 0 Å². The van der Waals surface area contributed by atoms with Gasteiger partial charge in [0.05, 0.1) is 4.90 Å². The number of sulfonamides is 1. The lowest BCUT2D eigenvalue weighted by atomic mass is 10.2. The smallest absolute Gasteiger partial charge is 0.243 e. The highest BCUT2D eigenvalue weighted by Crippen LogP contribution is 2.25. The van der Waals surface area contributed by atoms with E-state index in [0.717, 1.165) is 25.1 Å². The molecule has 1 atom stereocenters. The van der Waals surface area contributed by atoms with E-state index in [1.54, 1.807) is 16.4 Å². The molecule has 112 valence electrons. The zero-order valence-electron chi connectivity index (χ0n) is 12.5. The molecule has 0 aliphatic carbocycles. The molecule has 5 heteroatoms. The van der Waals surface area contributed by atoms with Crippen molar-refractivity contribution < 1.29 is 8.42 Å². The van der Waals surface area contributed by atoms with E-state index in [-0.39, 0.29) is 0 Å². The Hall–Kier alpha value is -0.910. The van der Waals surface area contributed by atoms with Crippen LogP contribution in [0.2, 0.25) is 0 Å². The van der Waals surface area contributed by atoms with Gasteiger partial charge < -0.3 is 0 Å². The van der Waals surface area contributed by atoms with Crippen LogP contribution in [-0.2, 0) is 10.0 Å². The van der Waals surface area contributed by atoms with Crippen molar-refractivity contribution in [3.63, 3.8) is 0 Å². The number of hydrogen-bond acceptors (Lipinski definition) is 3. The van der Waals surface area contributed by atoms with Gasteiger partial charge in [0.15, 0.2) is 0 Å². The first-order valence-electron chi connectivity index (χ1n) is 7.30. The predicted molar refractivity (Wildman–Crippen MR) is 81.3 cm³/mol. The molecular formula is C15H24N2O2S. The second-order valence-electron chi connectivity index (χ2n) is 5.29. The molecule has 1 unspecified atom stereocenters. The fraction of sp³-hybridized carbons (Fsp3) is 0.600. The van der Waals surface area contributed by atoms with Gasteiger partial charge in [0.25, 0.3) is 0 Å². The lowest BCUT2D eigenvalue weighted by molar-refractivity contribution is 0.224. The Bertz CT molecular complexity index is 553. The first-order valence-corrected chi connectivity index (χ1v) is 8.74. The molecule has 1 aromatic carbocycles. The Morgan fingerprint density at radius 3 is 2.50 bits per heavy atom. The van der Waals surface area contributed by atoms with Crippen LogP contribution in [0.5, 0.6) is 0 Å². The Labute approximate surface area is 122 Å². The normalized spacial score (nSPS) is 20.7. The SMILES string of the molecule is CCN(CC)C1CCN(S(=O)(=O)c2ccccc2C)C1. The van der Waals surface area contributed by atoms with Crippen molar-refractivity contribution in [3.8, 4) is 0 Å². The van der Waals surface area contributed by atoms with Gasteiger partial charge in [0.2, 0.25) is 10.0 Å². The molecule has 0 amide bonds. The highest BCUT2D eigenvalue weighted by atomic mass is 32.2. The van der Waals surface area contributed by atoms with Gasteiger partial charge in [-0.05, 0) is 38.1 Å². The van der Waals surface area contributed by atoms with E-state index in [1.165, 1.54) is 0 Å². The summed E-state index contributed by atoms with van der Waals surface area (Å²) < 4.78 is 27.1. The molecule has 1 fully saturated rings. The zero-order chi connectivity index (χ0) is 14.8. The Morgan fingerprint density at radius 1 is 1.25 bits per heavy atom. The van der Waals surface area contributed by atoms with Crippen molar-refractivity contribution in [1.29, 1.82) is 0 Å². The number of nitrogens with zero attached hydrogens (tertiary/aromatic N) is 2. The minimum atomic E-state index is -3.35. The number of hydrogen-bond donors (Lipinski definition) is 0. The van der Waals surface area contributed by atoms with Gasteiger partial charge in [-0.3, -0.25) is 4.90 Å². The molecule has 1 aliphatic heterocycles. The first-order chi connectivity index (χ1) is 9.50. The fourth-order valence-electron chi connectivity index (χ4n) is 2.95. The van der Waals surface area contributed by atoms with Gasteiger partial charge in [0, 0.05) is 19.1 Å². The maximum atomic E-state index is 12.7.